The Bertz CT molecular complexity index is 852. The summed E-state index contributed by atoms with van der Waals surface area (Å²) in [7, 11) is 0. The quantitative estimate of drug-likeness (QED) is 0.719. The van der Waals surface area contributed by atoms with Gasteiger partial charge in [0.1, 0.15) is 5.78 Å². The molecule has 29 heavy (non-hydrogen) atoms. The lowest BCUT2D eigenvalue weighted by molar-refractivity contribution is -0.154. The summed E-state index contributed by atoms with van der Waals surface area (Å²) in [4.78, 5) is 32.2. The van der Waals surface area contributed by atoms with Gasteiger partial charge in [-0.05, 0) is 30.7 Å². The van der Waals surface area contributed by atoms with Crippen LogP contribution in [0, 0.1) is 5.92 Å². The van der Waals surface area contributed by atoms with Crippen LogP contribution in [-0.2, 0) is 11.2 Å². The topological polar surface area (TPSA) is 81.2 Å². The standard InChI is InChI=1S/C20H22F3N3O3/c1-12(2)17(27)9-16-8-14(6-7-24-16)13(3)26-19(28)15-4-5-18(25-10-15)29-11-20(21,22)23/h4-8,10,12-13H,9,11H2,1-3H3,(H,26,28). The summed E-state index contributed by atoms with van der Waals surface area (Å²) in [5.74, 6) is -0.678. The van der Waals surface area contributed by atoms with Crippen LogP contribution in [0.1, 0.15) is 48.4 Å². The van der Waals surface area contributed by atoms with Crippen LogP contribution in [0.2, 0.25) is 0 Å². The third kappa shape index (κ3) is 7.17. The van der Waals surface area contributed by atoms with Crippen LogP contribution in [0.5, 0.6) is 5.88 Å². The van der Waals surface area contributed by atoms with Gasteiger partial charge in [0.05, 0.1) is 11.6 Å². The number of ketones is 1. The molecule has 6 nitrogen and oxygen atoms in total. The Morgan fingerprint density at radius 3 is 2.45 bits per heavy atom. The maximum Gasteiger partial charge on any atom is 0.422 e. The Morgan fingerprint density at radius 2 is 1.86 bits per heavy atom. The fourth-order valence-corrected chi connectivity index (χ4v) is 2.36. The third-order valence-corrected chi connectivity index (χ3v) is 4.07. The van der Waals surface area contributed by atoms with Crippen molar-refractivity contribution in [3.63, 3.8) is 0 Å². The number of alkyl halides is 3. The molecule has 1 atom stereocenters. The number of nitrogens with one attached hydrogen (secondary N) is 1. The van der Waals surface area contributed by atoms with Gasteiger partial charge in [-0.2, -0.15) is 13.2 Å². The van der Waals surface area contributed by atoms with E-state index in [9.17, 15) is 22.8 Å². The number of rotatable bonds is 8. The predicted molar refractivity (Wildman–Crippen MR) is 99.5 cm³/mol. The molecular formula is C20H22F3N3O3. The molecule has 0 fully saturated rings. The molecule has 0 aliphatic rings. The molecule has 2 aromatic rings. The molecule has 0 aliphatic heterocycles. The lowest BCUT2D eigenvalue weighted by atomic mass is 10.0. The molecule has 0 bridgehead atoms. The van der Waals surface area contributed by atoms with Crippen molar-refractivity contribution in [1.82, 2.24) is 15.3 Å². The average molecular weight is 409 g/mol. The lowest BCUT2D eigenvalue weighted by Gasteiger charge is -2.15. The summed E-state index contributed by atoms with van der Waals surface area (Å²) in [5, 5.41) is 2.78. The first-order valence-electron chi connectivity index (χ1n) is 8.99. The van der Waals surface area contributed by atoms with Gasteiger partial charge < -0.3 is 10.1 Å². The molecule has 156 valence electrons. The van der Waals surface area contributed by atoms with E-state index in [1.54, 1.807) is 25.3 Å². The zero-order valence-electron chi connectivity index (χ0n) is 16.3. The van der Waals surface area contributed by atoms with E-state index in [-0.39, 0.29) is 35.6 Å². The van der Waals surface area contributed by atoms with Gasteiger partial charge in [-0.25, -0.2) is 4.98 Å². The van der Waals surface area contributed by atoms with E-state index in [2.05, 4.69) is 20.0 Å². The first-order chi connectivity index (χ1) is 13.5. The second-order valence-electron chi connectivity index (χ2n) is 6.86. The molecule has 1 N–H and O–H groups in total. The van der Waals surface area contributed by atoms with Crippen LogP contribution in [-0.4, -0.2) is 34.4 Å². The number of amides is 1. The Kier molecular flexibility index (Phi) is 7.30. The first kappa shape index (κ1) is 22.3. The summed E-state index contributed by atoms with van der Waals surface area (Å²) in [6.45, 7) is 3.97. The number of hydrogen-bond acceptors (Lipinski definition) is 5. The minimum Gasteiger partial charge on any atom is -0.468 e. The Balaban J connectivity index is 1.99. The van der Waals surface area contributed by atoms with Gasteiger partial charge >= 0.3 is 6.18 Å². The van der Waals surface area contributed by atoms with Crippen molar-refractivity contribution in [3.8, 4) is 5.88 Å². The van der Waals surface area contributed by atoms with Crippen LogP contribution in [0.15, 0.2) is 36.7 Å². The molecule has 2 heterocycles. The van der Waals surface area contributed by atoms with Crippen molar-refractivity contribution in [2.75, 3.05) is 6.61 Å². The number of carbonyl (C=O) groups excluding carboxylic acids is 2. The number of hydrogen-bond donors (Lipinski definition) is 1. The van der Waals surface area contributed by atoms with Crippen molar-refractivity contribution in [1.29, 1.82) is 0 Å². The second-order valence-corrected chi connectivity index (χ2v) is 6.86. The molecule has 2 aromatic heterocycles. The number of halogens is 3. The number of Topliss-reactive ketones (excluding diaryl/α,β-unsaturated/α-hetero) is 1. The van der Waals surface area contributed by atoms with Crippen molar-refractivity contribution in [2.45, 2.75) is 39.4 Å². The van der Waals surface area contributed by atoms with E-state index >= 15 is 0 Å². The average Bonchev–Trinajstić information content (AvgIpc) is 2.66. The fraction of sp³-hybridized carbons (Fsp3) is 0.400. The maximum absolute atomic E-state index is 12.4. The molecule has 0 saturated carbocycles. The van der Waals surface area contributed by atoms with Crippen LogP contribution in [0.4, 0.5) is 13.2 Å². The second kappa shape index (κ2) is 9.49. The normalized spacial score (nSPS) is 12.5. The van der Waals surface area contributed by atoms with Gasteiger partial charge in [-0.1, -0.05) is 13.8 Å². The molecule has 0 aliphatic carbocycles. The smallest absolute Gasteiger partial charge is 0.422 e. The highest BCUT2D eigenvalue weighted by Crippen LogP contribution is 2.18. The monoisotopic (exact) mass is 409 g/mol. The van der Waals surface area contributed by atoms with Gasteiger partial charge in [0.2, 0.25) is 5.88 Å². The van der Waals surface area contributed by atoms with Gasteiger partial charge in [-0.15, -0.1) is 0 Å². The van der Waals surface area contributed by atoms with Gasteiger partial charge in [0, 0.05) is 36.5 Å². The zero-order valence-corrected chi connectivity index (χ0v) is 16.3. The largest absolute Gasteiger partial charge is 0.468 e. The van der Waals surface area contributed by atoms with Gasteiger partial charge in [0.25, 0.3) is 5.91 Å². The summed E-state index contributed by atoms with van der Waals surface area (Å²) < 4.78 is 41.0. The summed E-state index contributed by atoms with van der Waals surface area (Å²) in [6.07, 6.45) is -1.52. The molecule has 0 radical (unpaired) electrons. The van der Waals surface area contributed by atoms with Gasteiger partial charge in [0.15, 0.2) is 6.61 Å². The number of pyridine rings is 2. The van der Waals surface area contributed by atoms with E-state index in [0.717, 1.165) is 11.8 Å². The molecule has 1 unspecified atom stereocenters. The van der Waals surface area contributed by atoms with Crippen LogP contribution >= 0.6 is 0 Å². The molecule has 0 saturated heterocycles. The van der Waals surface area contributed by atoms with Crippen molar-refractivity contribution in [2.24, 2.45) is 5.92 Å². The maximum atomic E-state index is 12.4. The van der Waals surface area contributed by atoms with Crippen LogP contribution in [0.25, 0.3) is 0 Å². The number of ether oxygens (including phenoxy) is 1. The van der Waals surface area contributed by atoms with Crippen molar-refractivity contribution < 1.29 is 27.5 Å². The molecule has 2 rings (SSSR count). The zero-order chi connectivity index (χ0) is 21.6. The molecule has 9 heteroatoms. The van der Waals surface area contributed by atoms with Gasteiger partial charge in [-0.3, -0.25) is 14.6 Å². The molecular weight excluding hydrogens is 387 g/mol. The van der Waals surface area contributed by atoms with Crippen LogP contribution in [0.3, 0.4) is 0 Å². The highest BCUT2D eigenvalue weighted by molar-refractivity contribution is 5.94. The number of aromatic nitrogens is 2. The highest BCUT2D eigenvalue weighted by atomic mass is 19.4. The molecule has 0 aromatic carbocycles. The highest BCUT2D eigenvalue weighted by Gasteiger charge is 2.28. The van der Waals surface area contributed by atoms with E-state index in [1.165, 1.54) is 12.1 Å². The minimum atomic E-state index is -4.46. The Labute approximate surface area is 166 Å². The molecule has 1 amide bonds. The van der Waals surface area contributed by atoms with Crippen molar-refractivity contribution >= 4 is 11.7 Å². The number of nitrogens with zero attached hydrogens (tertiary/aromatic N) is 2. The molecule has 0 spiro atoms. The third-order valence-electron chi connectivity index (χ3n) is 4.07. The van der Waals surface area contributed by atoms with E-state index in [1.807, 2.05) is 13.8 Å². The van der Waals surface area contributed by atoms with Crippen molar-refractivity contribution in [3.05, 3.63) is 53.5 Å². The minimum absolute atomic E-state index is 0.0743. The Morgan fingerprint density at radius 1 is 1.14 bits per heavy atom. The van der Waals surface area contributed by atoms with E-state index in [4.69, 9.17) is 0 Å². The summed E-state index contributed by atoms with van der Waals surface area (Å²) in [5.41, 5.74) is 1.58. The van der Waals surface area contributed by atoms with E-state index < -0.39 is 18.7 Å². The van der Waals surface area contributed by atoms with Crippen LogP contribution < -0.4 is 10.1 Å². The summed E-state index contributed by atoms with van der Waals surface area (Å²) in [6, 6.07) is 5.66. The lowest BCUT2D eigenvalue weighted by Crippen LogP contribution is -2.27. The fourth-order valence-electron chi connectivity index (χ4n) is 2.36. The Hall–Kier alpha value is -2.97. The first-order valence-corrected chi connectivity index (χ1v) is 8.99. The SMILES string of the molecule is CC(C)C(=O)Cc1cc(C(C)NC(=O)c2ccc(OCC(F)(F)F)nc2)ccn1. The number of carbonyl (C=O) groups is 2. The van der Waals surface area contributed by atoms with E-state index in [0.29, 0.717) is 5.69 Å². The summed E-state index contributed by atoms with van der Waals surface area (Å²) >= 11 is 0. The predicted octanol–water partition coefficient (Wildman–Crippen LogP) is 3.68.